The van der Waals surface area contributed by atoms with Gasteiger partial charge >= 0.3 is 0 Å². The molecule has 0 radical (unpaired) electrons. The van der Waals surface area contributed by atoms with Gasteiger partial charge in [0.1, 0.15) is 5.82 Å². The summed E-state index contributed by atoms with van der Waals surface area (Å²) in [6, 6.07) is 4.77. The van der Waals surface area contributed by atoms with Gasteiger partial charge in [0.2, 0.25) is 0 Å². The molecule has 2 atom stereocenters. The molecule has 1 aromatic rings. The Hall–Kier alpha value is -0.900. The van der Waals surface area contributed by atoms with Crippen molar-refractivity contribution < 1.29 is 0 Å². The Bertz CT molecular complexity index is 356. The maximum atomic E-state index is 4.28. The Morgan fingerprint density at radius 3 is 3.06 bits per heavy atom. The molecular formula is C13H21N3S. The summed E-state index contributed by atoms with van der Waals surface area (Å²) in [5, 5.41) is 7.68. The second kappa shape index (κ2) is 6.15. The second-order valence-corrected chi connectivity index (χ2v) is 5.61. The van der Waals surface area contributed by atoms with Crippen molar-refractivity contribution in [2.75, 3.05) is 23.4 Å². The molecule has 2 N–H and O–H groups in total. The molecule has 0 aliphatic heterocycles. The molecule has 0 spiro atoms. The molecule has 17 heavy (non-hydrogen) atoms. The number of anilines is 2. The van der Waals surface area contributed by atoms with Crippen LogP contribution in [0.3, 0.4) is 0 Å². The third-order valence-corrected chi connectivity index (χ3v) is 4.30. The van der Waals surface area contributed by atoms with E-state index in [-0.39, 0.29) is 0 Å². The zero-order valence-corrected chi connectivity index (χ0v) is 11.4. The van der Waals surface area contributed by atoms with E-state index in [1.165, 1.54) is 24.9 Å². The quantitative estimate of drug-likeness (QED) is 0.842. The Kier molecular flexibility index (Phi) is 4.54. The van der Waals surface area contributed by atoms with Gasteiger partial charge in [-0.25, -0.2) is 4.98 Å². The molecule has 2 unspecified atom stereocenters. The highest BCUT2D eigenvalue weighted by atomic mass is 32.2. The molecule has 94 valence electrons. The zero-order valence-electron chi connectivity index (χ0n) is 10.6. The van der Waals surface area contributed by atoms with E-state index in [0.717, 1.165) is 17.6 Å². The normalized spacial score (nSPS) is 23.6. The summed E-state index contributed by atoms with van der Waals surface area (Å²) in [4.78, 5) is 4.28. The molecule has 0 bridgehead atoms. The van der Waals surface area contributed by atoms with Crippen molar-refractivity contribution in [1.29, 1.82) is 0 Å². The number of nitrogens with zero attached hydrogens (tertiary/aromatic N) is 1. The molecule has 0 amide bonds. The van der Waals surface area contributed by atoms with E-state index in [0.29, 0.717) is 6.04 Å². The fraction of sp³-hybridized carbons (Fsp3) is 0.615. The molecular weight excluding hydrogens is 230 g/mol. The molecule has 0 saturated heterocycles. The predicted octanol–water partition coefficient (Wildman–Crippen LogP) is 3.21. The number of nitrogens with one attached hydrogen (secondary N) is 2. The number of pyridine rings is 1. The van der Waals surface area contributed by atoms with E-state index in [2.05, 4.69) is 34.9 Å². The molecule has 2 rings (SSSR count). The van der Waals surface area contributed by atoms with Crippen LogP contribution in [-0.2, 0) is 0 Å². The van der Waals surface area contributed by atoms with Gasteiger partial charge < -0.3 is 10.6 Å². The first kappa shape index (κ1) is 12.6. The molecule has 3 nitrogen and oxygen atoms in total. The van der Waals surface area contributed by atoms with Gasteiger partial charge in [0.05, 0.1) is 0 Å². The maximum Gasteiger partial charge on any atom is 0.127 e. The molecule has 0 aromatic carbocycles. The maximum absolute atomic E-state index is 4.28. The monoisotopic (exact) mass is 251 g/mol. The van der Waals surface area contributed by atoms with E-state index < -0.39 is 0 Å². The van der Waals surface area contributed by atoms with Gasteiger partial charge in [0.25, 0.3) is 0 Å². The summed E-state index contributed by atoms with van der Waals surface area (Å²) in [5.41, 5.74) is 1.18. The van der Waals surface area contributed by atoms with Crippen molar-refractivity contribution in [3.05, 3.63) is 18.3 Å². The second-order valence-electron chi connectivity index (χ2n) is 4.47. The average molecular weight is 251 g/mol. The highest BCUT2D eigenvalue weighted by Gasteiger charge is 2.23. The first-order valence-corrected chi connectivity index (χ1v) is 7.60. The van der Waals surface area contributed by atoms with Gasteiger partial charge in [-0.05, 0) is 38.5 Å². The zero-order chi connectivity index (χ0) is 12.1. The van der Waals surface area contributed by atoms with Crippen LogP contribution >= 0.6 is 11.8 Å². The molecule has 1 aromatic heterocycles. The first-order chi connectivity index (χ1) is 8.31. The van der Waals surface area contributed by atoms with Gasteiger partial charge in [0.15, 0.2) is 0 Å². The lowest BCUT2D eigenvalue weighted by Gasteiger charge is -2.15. The topological polar surface area (TPSA) is 37.0 Å². The van der Waals surface area contributed by atoms with Crippen molar-refractivity contribution in [2.24, 2.45) is 0 Å². The van der Waals surface area contributed by atoms with Gasteiger partial charge in [-0.15, -0.1) is 0 Å². The minimum atomic E-state index is 0.629. The standard InChI is InChI=1S/C13H21N3S/c1-3-14-13-9-11(6-7-15-13)16-10-4-5-12(8-10)17-2/h6-7,9-10,12H,3-5,8H2,1-2H3,(H2,14,15,16). The summed E-state index contributed by atoms with van der Waals surface area (Å²) in [7, 11) is 0. The van der Waals surface area contributed by atoms with Crippen LogP contribution in [-0.4, -0.2) is 29.1 Å². The molecule has 1 aliphatic rings. The van der Waals surface area contributed by atoms with Crippen LogP contribution in [0, 0.1) is 0 Å². The van der Waals surface area contributed by atoms with E-state index in [9.17, 15) is 0 Å². The van der Waals surface area contributed by atoms with Crippen molar-refractivity contribution in [3.63, 3.8) is 0 Å². The first-order valence-electron chi connectivity index (χ1n) is 6.31. The lowest BCUT2D eigenvalue weighted by molar-refractivity contribution is 0.757. The molecule has 1 fully saturated rings. The van der Waals surface area contributed by atoms with Crippen LogP contribution in [0.15, 0.2) is 18.3 Å². The summed E-state index contributed by atoms with van der Waals surface area (Å²) < 4.78 is 0. The Morgan fingerprint density at radius 1 is 1.47 bits per heavy atom. The molecule has 4 heteroatoms. The van der Waals surface area contributed by atoms with E-state index in [1.807, 2.05) is 24.0 Å². The highest BCUT2D eigenvalue weighted by molar-refractivity contribution is 7.99. The molecule has 1 aliphatic carbocycles. The molecule has 1 heterocycles. The largest absolute Gasteiger partial charge is 0.382 e. The summed E-state index contributed by atoms with van der Waals surface area (Å²) >= 11 is 1.99. The summed E-state index contributed by atoms with van der Waals surface area (Å²) in [6.07, 6.45) is 7.97. The van der Waals surface area contributed by atoms with E-state index in [1.54, 1.807) is 0 Å². The predicted molar refractivity (Wildman–Crippen MR) is 77.0 cm³/mol. The van der Waals surface area contributed by atoms with Crippen molar-refractivity contribution >= 4 is 23.3 Å². The third-order valence-electron chi connectivity index (χ3n) is 3.21. The number of hydrogen-bond donors (Lipinski definition) is 2. The minimum Gasteiger partial charge on any atom is -0.382 e. The fourth-order valence-corrected chi connectivity index (χ4v) is 3.12. The lowest BCUT2D eigenvalue weighted by atomic mass is 10.2. The van der Waals surface area contributed by atoms with Crippen LogP contribution in [0.4, 0.5) is 11.5 Å². The smallest absolute Gasteiger partial charge is 0.127 e. The van der Waals surface area contributed by atoms with Crippen molar-refractivity contribution in [2.45, 2.75) is 37.5 Å². The Morgan fingerprint density at radius 2 is 2.35 bits per heavy atom. The highest BCUT2D eigenvalue weighted by Crippen LogP contribution is 2.30. The fourth-order valence-electron chi connectivity index (χ4n) is 2.32. The third kappa shape index (κ3) is 3.53. The van der Waals surface area contributed by atoms with Crippen LogP contribution in [0.2, 0.25) is 0 Å². The minimum absolute atomic E-state index is 0.629. The van der Waals surface area contributed by atoms with Crippen LogP contribution < -0.4 is 10.6 Å². The van der Waals surface area contributed by atoms with Gasteiger partial charge in [0, 0.05) is 35.8 Å². The Balaban J connectivity index is 1.92. The molecule has 1 saturated carbocycles. The van der Waals surface area contributed by atoms with Gasteiger partial charge in [-0.1, -0.05) is 0 Å². The number of aromatic nitrogens is 1. The van der Waals surface area contributed by atoms with E-state index >= 15 is 0 Å². The number of rotatable bonds is 5. The van der Waals surface area contributed by atoms with Crippen LogP contribution in [0.25, 0.3) is 0 Å². The lowest BCUT2D eigenvalue weighted by Crippen LogP contribution is -2.16. The number of thioether (sulfide) groups is 1. The summed E-state index contributed by atoms with van der Waals surface area (Å²) in [6.45, 7) is 3.00. The van der Waals surface area contributed by atoms with Crippen molar-refractivity contribution in [3.8, 4) is 0 Å². The number of hydrogen-bond acceptors (Lipinski definition) is 4. The Labute approximate surface area is 108 Å². The SMILES string of the molecule is CCNc1cc(NC2CCC(SC)C2)ccn1. The van der Waals surface area contributed by atoms with Gasteiger partial charge in [-0.2, -0.15) is 11.8 Å². The van der Waals surface area contributed by atoms with Crippen molar-refractivity contribution in [1.82, 2.24) is 4.98 Å². The van der Waals surface area contributed by atoms with Gasteiger partial charge in [-0.3, -0.25) is 0 Å². The summed E-state index contributed by atoms with van der Waals surface area (Å²) in [5.74, 6) is 0.955. The van der Waals surface area contributed by atoms with Crippen LogP contribution in [0.1, 0.15) is 26.2 Å². The van der Waals surface area contributed by atoms with Crippen LogP contribution in [0.5, 0.6) is 0 Å². The average Bonchev–Trinajstić information content (AvgIpc) is 2.78. The van der Waals surface area contributed by atoms with E-state index in [4.69, 9.17) is 0 Å².